The minimum atomic E-state index is -0.279. The molecule has 0 amide bonds. The first-order chi connectivity index (χ1) is 16.0. The number of anilines is 1. The molecule has 0 fully saturated rings. The van der Waals surface area contributed by atoms with Crippen molar-refractivity contribution in [2.75, 3.05) is 5.73 Å². The highest BCUT2D eigenvalue weighted by molar-refractivity contribution is 5.96. The van der Waals surface area contributed by atoms with Crippen molar-refractivity contribution in [3.63, 3.8) is 0 Å². The third-order valence-electron chi connectivity index (χ3n) is 5.66. The van der Waals surface area contributed by atoms with Gasteiger partial charge in [-0.25, -0.2) is 4.39 Å². The fourth-order valence-electron chi connectivity index (χ4n) is 4.10. The lowest BCUT2D eigenvalue weighted by atomic mass is 9.96. The Bertz CT molecular complexity index is 1520. The number of nitrogens with zero attached hydrogens (tertiary/aromatic N) is 2. The molecule has 162 valence electrons. The second-order valence-corrected chi connectivity index (χ2v) is 7.86. The fraction of sp³-hybridized carbons (Fsp3) is 0.0370. The van der Waals surface area contributed by atoms with Crippen molar-refractivity contribution in [3.05, 3.63) is 108 Å². The van der Waals surface area contributed by atoms with Crippen LogP contribution in [0, 0.1) is 12.7 Å². The number of hydrogen-bond acceptors (Lipinski definition) is 3. The predicted molar refractivity (Wildman–Crippen MR) is 132 cm³/mol. The smallest absolute Gasteiger partial charge is 0.131 e. The molecule has 6 heteroatoms. The van der Waals surface area contributed by atoms with E-state index in [4.69, 9.17) is 5.73 Å². The van der Waals surface area contributed by atoms with E-state index in [1.807, 2.05) is 43.3 Å². The highest BCUT2D eigenvalue weighted by Gasteiger charge is 2.18. The van der Waals surface area contributed by atoms with Crippen LogP contribution >= 0.6 is 0 Å². The van der Waals surface area contributed by atoms with Crippen LogP contribution < -0.4 is 5.73 Å². The fourth-order valence-corrected chi connectivity index (χ4v) is 4.10. The first-order valence-electron chi connectivity index (χ1n) is 10.5. The van der Waals surface area contributed by atoms with Gasteiger partial charge < -0.3 is 10.7 Å². The van der Waals surface area contributed by atoms with Crippen LogP contribution in [0.3, 0.4) is 0 Å². The minimum absolute atomic E-state index is 0.279. The molecule has 0 aliphatic rings. The number of halogens is 1. The summed E-state index contributed by atoms with van der Waals surface area (Å²) >= 11 is 0. The summed E-state index contributed by atoms with van der Waals surface area (Å²) in [5.74, 6) is -0.279. The second kappa shape index (κ2) is 8.24. The van der Waals surface area contributed by atoms with Crippen LogP contribution in [0.1, 0.15) is 16.8 Å². The van der Waals surface area contributed by atoms with E-state index < -0.39 is 0 Å². The molecular formula is C27H22FN5. The van der Waals surface area contributed by atoms with Crippen LogP contribution in [0.4, 0.5) is 10.1 Å². The van der Waals surface area contributed by atoms with Gasteiger partial charge in [-0.1, -0.05) is 43.0 Å². The molecule has 4 N–H and O–H groups in total. The molecule has 33 heavy (non-hydrogen) atoms. The highest BCUT2D eigenvalue weighted by atomic mass is 19.1. The van der Waals surface area contributed by atoms with E-state index in [2.05, 4.69) is 32.8 Å². The van der Waals surface area contributed by atoms with E-state index in [9.17, 15) is 4.39 Å². The predicted octanol–water partition coefficient (Wildman–Crippen LogP) is 6.27. The molecule has 5 nitrogen and oxygen atoms in total. The van der Waals surface area contributed by atoms with Gasteiger partial charge in [0.15, 0.2) is 0 Å². The number of aromatic nitrogens is 4. The number of pyridine rings is 1. The van der Waals surface area contributed by atoms with Crippen LogP contribution in [0.2, 0.25) is 0 Å². The number of nitrogen functional groups attached to an aromatic ring is 1. The zero-order chi connectivity index (χ0) is 22.9. The van der Waals surface area contributed by atoms with Crippen molar-refractivity contribution in [1.29, 1.82) is 0 Å². The Morgan fingerprint density at radius 1 is 1.03 bits per heavy atom. The Morgan fingerprint density at radius 2 is 1.88 bits per heavy atom. The lowest BCUT2D eigenvalue weighted by molar-refractivity contribution is 0.624. The molecule has 2 aromatic carbocycles. The number of aromatic amines is 2. The minimum Gasteiger partial charge on any atom is -0.397 e. The Labute approximate surface area is 190 Å². The molecule has 0 spiro atoms. The van der Waals surface area contributed by atoms with Gasteiger partial charge in [-0.3, -0.25) is 10.1 Å². The number of allylic oxidation sites excluding steroid dienone is 2. The Hall–Kier alpha value is -4.45. The normalized spacial score (nSPS) is 11.8. The van der Waals surface area contributed by atoms with Gasteiger partial charge in [0.05, 0.1) is 16.9 Å². The zero-order valence-corrected chi connectivity index (χ0v) is 18.1. The summed E-state index contributed by atoms with van der Waals surface area (Å²) in [6.45, 7) is 5.78. The van der Waals surface area contributed by atoms with Crippen LogP contribution in [0.15, 0.2) is 85.7 Å². The molecule has 0 saturated carbocycles. The van der Waals surface area contributed by atoms with E-state index in [0.29, 0.717) is 11.3 Å². The second-order valence-electron chi connectivity index (χ2n) is 7.86. The van der Waals surface area contributed by atoms with Gasteiger partial charge in [0.1, 0.15) is 11.5 Å². The molecule has 0 bridgehead atoms. The van der Waals surface area contributed by atoms with E-state index >= 15 is 0 Å². The van der Waals surface area contributed by atoms with Crippen molar-refractivity contribution in [3.8, 4) is 22.5 Å². The number of aryl methyl sites for hydroxylation is 1. The molecule has 5 aromatic rings. The lowest BCUT2D eigenvalue weighted by Gasteiger charge is -2.08. The number of hydrogen-bond donors (Lipinski definition) is 3. The summed E-state index contributed by atoms with van der Waals surface area (Å²) in [6, 6.07) is 16.7. The number of H-pyrrole nitrogens is 2. The van der Waals surface area contributed by atoms with Gasteiger partial charge in [-0.15, -0.1) is 0 Å². The molecule has 0 unspecified atom stereocenters. The van der Waals surface area contributed by atoms with E-state index in [1.165, 1.54) is 6.07 Å². The molecule has 5 rings (SSSR count). The number of rotatable bonds is 5. The number of nitrogens with two attached hydrogens (primary N) is 1. The van der Waals surface area contributed by atoms with Gasteiger partial charge in [0.2, 0.25) is 0 Å². The molecule has 0 radical (unpaired) electrons. The van der Waals surface area contributed by atoms with Crippen molar-refractivity contribution in [2.45, 2.75) is 6.92 Å². The summed E-state index contributed by atoms with van der Waals surface area (Å²) in [6.07, 6.45) is 6.91. The van der Waals surface area contributed by atoms with Gasteiger partial charge in [-0.05, 0) is 48.4 Å². The van der Waals surface area contributed by atoms with E-state index in [0.717, 1.165) is 50.2 Å². The average molecular weight is 436 g/mol. The summed E-state index contributed by atoms with van der Waals surface area (Å²) in [4.78, 5) is 7.62. The monoisotopic (exact) mass is 435 g/mol. The first-order valence-corrected chi connectivity index (χ1v) is 10.5. The first kappa shape index (κ1) is 20.5. The van der Waals surface area contributed by atoms with E-state index in [-0.39, 0.29) is 5.82 Å². The van der Waals surface area contributed by atoms with Crippen LogP contribution in [-0.4, -0.2) is 20.2 Å². The van der Waals surface area contributed by atoms with Crippen molar-refractivity contribution in [1.82, 2.24) is 20.2 Å². The molecule has 0 aliphatic carbocycles. The third kappa shape index (κ3) is 3.72. The van der Waals surface area contributed by atoms with Crippen molar-refractivity contribution >= 4 is 22.2 Å². The van der Waals surface area contributed by atoms with Gasteiger partial charge in [0, 0.05) is 40.2 Å². The van der Waals surface area contributed by atoms with Gasteiger partial charge in [-0.2, -0.15) is 5.10 Å². The SMILES string of the molecule is C=C/C=C(/c1ccccc1F)c1cc(-c2n[nH]c3ccc(-c4cncc(N)c4)cc23)[nH]c1C. The maximum absolute atomic E-state index is 14.6. The summed E-state index contributed by atoms with van der Waals surface area (Å²) in [7, 11) is 0. The summed E-state index contributed by atoms with van der Waals surface area (Å²) in [5, 5.41) is 8.62. The highest BCUT2D eigenvalue weighted by Crippen LogP contribution is 2.35. The molecule has 0 saturated heterocycles. The lowest BCUT2D eigenvalue weighted by Crippen LogP contribution is -1.92. The van der Waals surface area contributed by atoms with Crippen molar-refractivity contribution in [2.24, 2.45) is 0 Å². The third-order valence-corrected chi connectivity index (χ3v) is 5.66. The number of benzene rings is 2. The van der Waals surface area contributed by atoms with Gasteiger partial charge in [0.25, 0.3) is 0 Å². The number of fused-ring (bicyclic) bond motifs is 1. The van der Waals surface area contributed by atoms with Crippen molar-refractivity contribution < 1.29 is 4.39 Å². The average Bonchev–Trinajstić information content (AvgIpc) is 3.41. The Kier molecular flexibility index (Phi) is 5.11. The largest absolute Gasteiger partial charge is 0.397 e. The molecular weight excluding hydrogens is 413 g/mol. The topological polar surface area (TPSA) is 83.4 Å². The molecule has 0 aliphatic heterocycles. The van der Waals surface area contributed by atoms with Gasteiger partial charge >= 0.3 is 0 Å². The molecule has 3 heterocycles. The Balaban J connectivity index is 1.62. The summed E-state index contributed by atoms with van der Waals surface area (Å²) < 4.78 is 14.6. The number of nitrogens with one attached hydrogen (secondary N) is 2. The van der Waals surface area contributed by atoms with Crippen LogP contribution in [0.25, 0.3) is 39.0 Å². The summed E-state index contributed by atoms with van der Waals surface area (Å²) in [5.41, 5.74) is 14.1. The quantitative estimate of drug-likeness (QED) is 0.285. The standard InChI is InChI=1S/C27H22FN5/c1-3-6-20(21-7-4-5-8-24(21)28)22-13-26(31-16(22)2)27-23-12-17(9-10-25(23)32-33-27)18-11-19(29)15-30-14-18/h3-15,31H,1,29H2,2H3,(H,32,33)/b20-6-. The molecule has 3 aromatic heterocycles. The zero-order valence-electron chi connectivity index (χ0n) is 18.1. The maximum Gasteiger partial charge on any atom is 0.131 e. The van der Waals surface area contributed by atoms with E-state index in [1.54, 1.807) is 30.6 Å². The maximum atomic E-state index is 14.6. The van der Waals surface area contributed by atoms with Crippen LogP contribution in [0.5, 0.6) is 0 Å². The molecule has 0 atom stereocenters. The van der Waals surface area contributed by atoms with Crippen LogP contribution in [-0.2, 0) is 0 Å². The Morgan fingerprint density at radius 3 is 2.67 bits per heavy atom.